The van der Waals surface area contributed by atoms with Gasteiger partial charge in [0.1, 0.15) is 0 Å². The monoisotopic (exact) mass is 329 g/mol. The van der Waals surface area contributed by atoms with Gasteiger partial charge in [-0.25, -0.2) is 0 Å². The van der Waals surface area contributed by atoms with E-state index in [1.54, 1.807) is 0 Å². The fraction of sp³-hybridized carbons (Fsp3) is 0.588. The summed E-state index contributed by atoms with van der Waals surface area (Å²) < 4.78 is 11.8. The van der Waals surface area contributed by atoms with Crippen LogP contribution in [0.25, 0.3) is 0 Å². The largest absolute Gasteiger partial charge is 0.408 e. The Hall–Kier alpha value is -1.99. The van der Waals surface area contributed by atoms with E-state index in [2.05, 4.69) is 31.0 Å². The van der Waals surface area contributed by atoms with Crippen LogP contribution in [0.3, 0.4) is 0 Å². The lowest BCUT2D eigenvalue weighted by atomic mass is 9.91. The van der Waals surface area contributed by atoms with Crippen LogP contribution < -0.4 is 4.90 Å². The molecular weight excluding hydrogens is 306 g/mol. The van der Waals surface area contributed by atoms with E-state index in [0.717, 1.165) is 57.9 Å². The summed E-state index contributed by atoms with van der Waals surface area (Å²) in [5.74, 6) is 0.603. The third-order valence-corrected chi connectivity index (χ3v) is 4.76. The maximum atomic E-state index is 6.24. The Morgan fingerprint density at radius 2 is 2.17 bits per heavy atom. The van der Waals surface area contributed by atoms with Crippen LogP contribution in [0, 0.1) is 6.92 Å². The summed E-state index contributed by atoms with van der Waals surface area (Å²) in [5, 5.41) is 8.11. The molecule has 0 amide bonds. The number of hydrogen-bond acceptors (Lipinski definition) is 7. The highest BCUT2D eigenvalue weighted by Gasteiger charge is 2.41. The van der Waals surface area contributed by atoms with Gasteiger partial charge in [0.25, 0.3) is 0 Å². The van der Waals surface area contributed by atoms with E-state index in [-0.39, 0.29) is 5.60 Å². The molecule has 7 nitrogen and oxygen atoms in total. The van der Waals surface area contributed by atoms with Crippen molar-refractivity contribution in [1.29, 1.82) is 0 Å². The summed E-state index contributed by atoms with van der Waals surface area (Å²) in [7, 11) is 0. The van der Waals surface area contributed by atoms with Gasteiger partial charge in [-0.05, 0) is 25.0 Å². The number of morpholine rings is 1. The second kappa shape index (κ2) is 6.49. The summed E-state index contributed by atoms with van der Waals surface area (Å²) in [5.41, 5.74) is 0.947. The Morgan fingerprint density at radius 3 is 2.96 bits per heavy atom. The van der Waals surface area contributed by atoms with Crippen LogP contribution in [0.4, 0.5) is 6.01 Å². The maximum absolute atomic E-state index is 6.24. The van der Waals surface area contributed by atoms with Gasteiger partial charge in [0.2, 0.25) is 5.89 Å². The molecule has 7 heteroatoms. The number of hydrogen-bond donors (Lipinski definition) is 0. The van der Waals surface area contributed by atoms with Gasteiger partial charge in [-0.3, -0.25) is 9.88 Å². The van der Waals surface area contributed by atoms with Crippen molar-refractivity contribution < 1.29 is 9.15 Å². The standard InChI is InChI=1S/C17H23N5O2/c1-14-19-20-16(24-14)22-8-4-6-17(13-22)12-21(9-10-23-17)11-15-5-2-3-7-18-15/h2-3,5,7H,4,6,8-13H2,1H3/t17-/m1/s1. The van der Waals surface area contributed by atoms with Crippen LogP contribution >= 0.6 is 0 Å². The molecule has 4 rings (SSSR count). The van der Waals surface area contributed by atoms with Gasteiger partial charge >= 0.3 is 6.01 Å². The second-order valence-electron chi connectivity index (χ2n) is 6.69. The minimum absolute atomic E-state index is 0.159. The van der Waals surface area contributed by atoms with Gasteiger partial charge < -0.3 is 14.1 Å². The van der Waals surface area contributed by atoms with Crippen LogP contribution in [0.2, 0.25) is 0 Å². The number of piperidine rings is 1. The molecule has 1 atom stereocenters. The highest BCUT2D eigenvalue weighted by molar-refractivity contribution is 5.27. The van der Waals surface area contributed by atoms with Gasteiger partial charge in [0.15, 0.2) is 0 Å². The normalized spacial score (nSPS) is 25.3. The molecule has 0 unspecified atom stereocenters. The molecule has 0 radical (unpaired) electrons. The summed E-state index contributed by atoms with van der Waals surface area (Å²) in [4.78, 5) is 9.04. The lowest BCUT2D eigenvalue weighted by Gasteiger charge is -2.47. The van der Waals surface area contributed by atoms with Gasteiger partial charge in [-0.1, -0.05) is 11.2 Å². The summed E-state index contributed by atoms with van der Waals surface area (Å²) in [6.07, 6.45) is 3.99. The Kier molecular flexibility index (Phi) is 4.20. The number of rotatable bonds is 3. The Labute approximate surface area is 141 Å². The fourth-order valence-corrected chi connectivity index (χ4v) is 3.70. The molecule has 0 N–H and O–H groups in total. The Balaban J connectivity index is 1.45. The first-order valence-electron chi connectivity index (χ1n) is 8.54. The summed E-state index contributed by atoms with van der Waals surface area (Å²) >= 11 is 0. The predicted octanol–water partition coefficient (Wildman–Crippen LogP) is 1.64. The molecule has 2 aromatic heterocycles. The SMILES string of the molecule is Cc1nnc(N2CCC[C@@]3(CN(Cc4ccccn4)CCO3)C2)o1. The molecule has 2 fully saturated rings. The zero-order valence-electron chi connectivity index (χ0n) is 14.0. The first-order valence-corrected chi connectivity index (χ1v) is 8.54. The number of pyridine rings is 1. The van der Waals surface area contributed by atoms with E-state index < -0.39 is 0 Å². The molecule has 2 saturated heterocycles. The number of aryl methyl sites for hydroxylation is 1. The molecule has 4 heterocycles. The van der Waals surface area contributed by atoms with Crippen LogP contribution in [0.1, 0.15) is 24.4 Å². The maximum Gasteiger partial charge on any atom is 0.318 e. The average Bonchev–Trinajstić information content (AvgIpc) is 3.03. The van der Waals surface area contributed by atoms with Crippen molar-refractivity contribution in [3.63, 3.8) is 0 Å². The van der Waals surface area contributed by atoms with Crippen molar-refractivity contribution in [3.05, 3.63) is 36.0 Å². The van der Waals surface area contributed by atoms with E-state index in [0.29, 0.717) is 11.9 Å². The fourth-order valence-electron chi connectivity index (χ4n) is 3.70. The minimum Gasteiger partial charge on any atom is -0.408 e. The molecular formula is C17H23N5O2. The number of aromatic nitrogens is 3. The second-order valence-corrected chi connectivity index (χ2v) is 6.69. The predicted molar refractivity (Wildman–Crippen MR) is 88.7 cm³/mol. The van der Waals surface area contributed by atoms with Crippen molar-refractivity contribution in [2.75, 3.05) is 37.7 Å². The van der Waals surface area contributed by atoms with E-state index in [1.165, 1.54) is 0 Å². The summed E-state index contributed by atoms with van der Waals surface area (Å²) in [6, 6.07) is 6.68. The van der Waals surface area contributed by atoms with E-state index >= 15 is 0 Å². The molecule has 2 aromatic rings. The van der Waals surface area contributed by atoms with Crippen LogP contribution in [0.15, 0.2) is 28.8 Å². The van der Waals surface area contributed by atoms with Gasteiger partial charge in [-0.15, -0.1) is 5.10 Å². The summed E-state index contributed by atoms with van der Waals surface area (Å²) in [6.45, 7) is 7.03. The van der Waals surface area contributed by atoms with Crippen molar-refractivity contribution >= 4 is 6.01 Å². The van der Waals surface area contributed by atoms with Crippen molar-refractivity contribution in [3.8, 4) is 0 Å². The smallest absolute Gasteiger partial charge is 0.318 e. The van der Waals surface area contributed by atoms with E-state index in [1.807, 2.05) is 25.3 Å². The molecule has 0 bridgehead atoms. The van der Waals surface area contributed by atoms with Gasteiger partial charge in [0.05, 0.1) is 24.4 Å². The molecule has 128 valence electrons. The third-order valence-electron chi connectivity index (χ3n) is 4.76. The lowest BCUT2D eigenvalue weighted by molar-refractivity contribution is -0.117. The lowest BCUT2D eigenvalue weighted by Crippen LogP contribution is -2.59. The first-order chi connectivity index (χ1) is 11.7. The number of nitrogens with zero attached hydrogens (tertiary/aromatic N) is 5. The van der Waals surface area contributed by atoms with Gasteiger partial charge in [-0.2, -0.15) is 0 Å². The highest BCUT2D eigenvalue weighted by Crippen LogP contribution is 2.31. The third kappa shape index (κ3) is 3.27. The molecule has 0 aliphatic carbocycles. The van der Waals surface area contributed by atoms with Crippen molar-refractivity contribution in [2.24, 2.45) is 0 Å². The van der Waals surface area contributed by atoms with Crippen molar-refractivity contribution in [1.82, 2.24) is 20.1 Å². The average molecular weight is 329 g/mol. The Bertz CT molecular complexity index is 673. The van der Waals surface area contributed by atoms with Gasteiger partial charge in [0, 0.05) is 39.3 Å². The Morgan fingerprint density at radius 1 is 1.21 bits per heavy atom. The van der Waals surface area contributed by atoms with Crippen LogP contribution in [-0.2, 0) is 11.3 Å². The molecule has 24 heavy (non-hydrogen) atoms. The molecule has 1 spiro atoms. The first kappa shape index (κ1) is 15.5. The van der Waals surface area contributed by atoms with E-state index in [4.69, 9.17) is 9.15 Å². The quantitative estimate of drug-likeness (QED) is 0.848. The molecule has 2 aliphatic rings. The van der Waals surface area contributed by atoms with Crippen molar-refractivity contribution in [2.45, 2.75) is 31.9 Å². The zero-order valence-corrected chi connectivity index (χ0v) is 14.0. The number of anilines is 1. The topological polar surface area (TPSA) is 67.5 Å². The molecule has 0 saturated carbocycles. The number of ether oxygens (including phenoxy) is 1. The van der Waals surface area contributed by atoms with E-state index in [9.17, 15) is 0 Å². The zero-order chi connectivity index (χ0) is 16.4. The van der Waals surface area contributed by atoms with Crippen LogP contribution in [-0.4, -0.2) is 58.5 Å². The highest BCUT2D eigenvalue weighted by atomic mass is 16.5. The molecule has 0 aromatic carbocycles. The van der Waals surface area contributed by atoms with Crippen LogP contribution in [0.5, 0.6) is 0 Å². The minimum atomic E-state index is -0.159. The molecule has 2 aliphatic heterocycles.